The first kappa shape index (κ1) is 20.6. The summed E-state index contributed by atoms with van der Waals surface area (Å²) < 4.78 is 11.0. The van der Waals surface area contributed by atoms with E-state index in [0.29, 0.717) is 5.75 Å². The van der Waals surface area contributed by atoms with Crippen molar-refractivity contribution >= 4 is 29.2 Å². The number of hydrogen-bond acceptors (Lipinski definition) is 5. The zero-order valence-corrected chi connectivity index (χ0v) is 17.2. The molecule has 1 heterocycles. The molecule has 0 saturated carbocycles. The summed E-state index contributed by atoms with van der Waals surface area (Å²) in [6, 6.07) is 25.0. The van der Waals surface area contributed by atoms with Crippen molar-refractivity contribution in [3.05, 3.63) is 84.4 Å². The number of nitrogens with one attached hydrogen (secondary N) is 1. The van der Waals surface area contributed by atoms with Crippen molar-refractivity contribution in [3.63, 3.8) is 0 Å². The number of carbonyl (C=O) groups is 1. The summed E-state index contributed by atoms with van der Waals surface area (Å²) in [4.78, 5) is 18.8. The molecule has 0 bridgehead atoms. The Balaban J connectivity index is 1.27. The molecule has 1 fully saturated rings. The van der Waals surface area contributed by atoms with E-state index in [1.165, 1.54) is 5.69 Å². The molecular weight excluding hydrogens is 390 g/mol. The molecule has 1 N–H and O–H groups in total. The van der Waals surface area contributed by atoms with Gasteiger partial charge in [-0.1, -0.05) is 18.2 Å². The van der Waals surface area contributed by atoms with Crippen LogP contribution in [0.3, 0.4) is 0 Å². The predicted molar refractivity (Wildman–Crippen MR) is 124 cm³/mol. The Bertz CT molecular complexity index is 996. The number of morpholine rings is 1. The third kappa shape index (κ3) is 6.17. The Morgan fingerprint density at radius 2 is 1.68 bits per heavy atom. The molecule has 1 amide bonds. The Morgan fingerprint density at radius 3 is 2.39 bits per heavy atom. The minimum atomic E-state index is -0.197. The number of anilines is 2. The zero-order chi connectivity index (χ0) is 21.3. The van der Waals surface area contributed by atoms with Crippen LogP contribution in [0, 0.1) is 0 Å². The predicted octanol–water partition coefficient (Wildman–Crippen LogP) is 4.29. The molecule has 0 radical (unpaired) electrons. The van der Waals surface area contributed by atoms with Gasteiger partial charge in [-0.05, 0) is 66.2 Å². The molecule has 3 aromatic carbocycles. The molecule has 0 unspecified atom stereocenters. The molecule has 6 heteroatoms. The number of amides is 1. The van der Waals surface area contributed by atoms with Gasteiger partial charge < -0.3 is 19.7 Å². The van der Waals surface area contributed by atoms with Crippen molar-refractivity contribution in [2.45, 2.75) is 0 Å². The maximum atomic E-state index is 12.0. The summed E-state index contributed by atoms with van der Waals surface area (Å²) in [5.41, 5.74) is 3.80. The number of ether oxygens (including phenoxy) is 2. The first-order valence-electron chi connectivity index (χ1n) is 10.3. The van der Waals surface area contributed by atoms with Crippen LogP contribution in [-0.4, -0.2) is 45.0 Å². The van der Waals surface area contributed by atoms with E-state index in [4.69, 9.17) is 9.47 Å². The van der Waals surface area contributed by atoms with Crippen LogP contribution >= 0.6 is 0 Å². The summed E-state index contributed by atoms with van der Waals surface area (Å²) in [7, 11) is 0. The Kier molecular flexibility index (Phi) is 6.92. The third-order valence-corrected chi connectivity index (χ3v) is 4.90. The van der Waals surface area contributed by atoms with Gasteiger partial charge in [-0.25, -0.2) is 0 Å². The van der Waals surface area contributed by atoms with Gasteiger partial charge in [0.1, 0.15) is 5.75 Å². The van der Waals surface area contributed by atoms with E-state index >= 15 is 0 Å². The lowest BCUT2D eigenvalue weighted by Gasteiger charge is -2.28. The van der Waals surface area contributed by atoms with Crippen LogP contribution in [0.25, 0.3) is 0 Å². The van der Waals surface area contributed by atoms with Crippen molar-refractivity contribution in [2.24, 2.45) is 4.99 Å². The molecule has 1 aliphatic heterocycles. The SMILES string of the molecule is O=C(COc1ccc(C=Nc2ccc(N3CCOCC3)cc2)cc1)Nc1ccccc1. The number of aliphatic imine (C=N–C) groups is 1. The van der Waals surface area contributed by atoms with E-state index in [2.05, 4.69) is 27.3 Å². The molecule has 3 aromatic rings. The molecule has 158 valence electrons. The Morgan fingerprint density at radius 1 is 0.968 bits per heavy atom. The molecule has 0 atom stereocenters. The average Bonchev–Trinajstić information content (AvgIpc) is 2.84. The fraction of sp³-hybridized carbons (Fsp3) is 0.200. The topological polar surface area (TPSA) is 63.2 Å². The van der Waals surface area contributed by atoms with E-state index in [1.807, 2.05) is 72.9 Å². The van der Waals surface area contributed by atoms with E-state index in [9.17, 15) is 4.79 Å². The molecular formula is C25H25N3O3. The first-order chi connectivity index (χ1) is 15.3. The lowest BCUT2D eigenvalue weighted by molar-refractivity contribution is -0.118. The summed E-state index contributed by atoms with van der Waals surface area (Å²) in [5.74, 6) is 0.438. The Hall–Kier alpha value is -3.64. The van der Waals surface area contributed by atoms with Crippen molar-refractivity contribution in [1.29, 1.82) is 0 Å². The van der Waals surface area contributed by atoms with Gasteiger partial charge in [-0.2, -0.15) is 0 Å². The number of benzene rings is 3. The summed E-state index contributed by atoms with van der Waals surface area (Å²) >= 11 is 0. The van der Waals surface area contributed by atoms with E-state index in [1.54, 1.807) is 0 Å². The van der Waals surface area contributed by atoms with Crippen molar-refractivity contribution in [2.75, 3.05) is 43.1 Å². The van der Waals surface area contributed by atoms with Gasteiger partial charge in [0.15, 0.2) is 6.61 Å². The van der Waals surface area contributed by atoms with Crippen LogP contribution in [-0.2, 0) is 9.53 Å². The summed E-state index contributed by atoms with van der Waals surface area (Å²) in [6.07, 6.45) is 1.82. The number of rotatable bonds is 7. The van der Waals surface area contributed by atoms with Crippen LogP contribution in [0.4, 0.5) is 17.1 Å². The second kappa shape index (κ2) is 10.4. The first-order valence-corrected chi connectivity index (χ1v) is 10.3. The normalized spacial score (nSPS) is 13.9. The molecule has 0 aromatic heterocycles. The minimum absolute atomic E-state index is 0.0438. The third-order valence-electron chi connectivity index (χ3n) is 4.90. The molecule has 1 aliphatic rings. The fourth-order valence-corrected chi connectivity index (χ4v) is 3.24. The Labute approximate surface area is 182 Å². The number of hydrogen-bond donors (Lipinski definition) is 1. The number of para-hydroxylation sites is 1. The molecule has 6 nitrogen and oxygen atoms in total. The monoisotopic (exact) mass is 415 g/mol. The van der Waals surface area contributed by atoms with Crippen LogP contribution in [0.15, 0.2) is 83.9 Å². The number of nitrogens with zero attached hydrogens (tertiary/aromatic N) is 2. The lowest BCUT2D eigenvalue weighted by atomic mass is 10.2. The quantitative estimate of drug-likeness (QED) is 0.585. The van der Waals surface area contributed by atoms with Gasteiger partial charge in [-0.15, -0.1) is 0 Å². The van der Waals surface area contributed by atoms with E-state index in [0.717, 1.165) is 43.2 Å². The molecule has 0 aliphatic carbocycles. The minimum Gasteiger partial charge on any atom is -0.484 e. The highest BCUT2D eigenvalue weighted by Crippen LogP contribution is 2.21. The summed E-state index contributed by atoms with van der Waals surface area (Å²) in [6.45, 7) is 3.35. The van der Waals surface area contributed by atoms with E-state index < -0.39 is 0 Å². The van der Waals surface area contributed by atoms with Gasteiger partial charge in [0.2, 0.25) is 0 Å². The maximum absolute atomic E-state index is 12.0. The summed E-state index contributed by atoms with van der Waals surface area (Å²) in [5, 5.41) is 2.79. The maximum Gasteiger partial charge on any atom is 0.262 e. The van der Waals surface area contributed by atoms with Gasteiger partial charge in [-0.3, -0.25) is 9.79 Å². The van der Waals surface area contributed by atoms with Gasteiger partial charge >= 0.3 is 0 Å². The molecule has 1 saturated heterocycles. The van der Waals surface area contributed by atoms with Gasteiger partial charge in [0, 0.05) is 30.7 Å². The highest BCUT2D eigenvalue weighted by Gasteiger charge is 2.10. The standard InChI is InChI=1S/C25H25N3O3/c29-25(27-22-4-2-1-3-5-22)19-31-24-12-6-20(7-13-24)18-26-21-8-10-23(11-9-21)28-14-16-30-17-15-28/h1-13,18H,14-17,19H2,(H,27,29). The smallest absolute Gasteiger partial charge is 0.262 e. The highest BCUT2D eigenvalue weighted by molar-refractivity contribution is 5.91. The fourth-order valence-electron chi connectivity index (χ4n) is 3.24. The van der Waals surface area contributed by atoms with Crippen LogP contribution in [0.1, 0.15) is 5.56 Å². The van der Waals surface area contributed by atoms with Crippen molar-refractivity contribution < 1.29 is 14.3 Å². The van der Waals surface area contributed by atoms with Crippen LogP contribution in [0.2, 0.25) is 0 Å². The van der Waals surface area contributed by atoms with E-state index in [-0.39, 0.29) is 12.5 Å². The van der Waals surface area contributed by atoms with Crippen LogP contribution < -0.4 is 15.0 Å². The van der Waals surface area contributed by atoms with Gasteiger partial charge in [0.25, 0.3) is 5.91 Å². The second-order valence-electron chi connectivity index (χ2n) is 7.15. The lowest BCUT2D eigenvalue weighted by Crippen LogP contribution is -2.36. The van der Waals surface area contributed by atoms with Crippen LogP contribution in [0.5, 0.6) is 5.75 Å². The van der Waals surface area contributed by atoms with Crippen molar-refractivity contribution in [3.8, 4) is 5.75 Å². The average molecular weight is 415 g/mol. The number of carbonyl (C=O) groups excluding carboxylic acids is 1. The zero-order valence-electron chi connectivity index (χ0n) is 17.2. The molecule has 0 spiro atoms. The molecule has 4 rings (SSSR count). The largest absolute Gasteiger partial charge is 0.484 e. The van der Waals surface area contributed by atoms with Crippen molar-refractivity contribution in [1.82, 2.24) is 0 Å². The van der Waals surface area contributed by atoms with Gasteiger partial charge in [0.05, 0.1) is 18.9 Å². The highest BCUT2D eigenvalue weighted by atomic mass is 16.5. The molecule has 31 heavy (non-hydrogen) atoms. The second-order valence-corrected chi connectivity index (χ2v) is 7.15.